The Hall–Kier alpha value is -1.01. The zero-order valence-electron chi connectivity index (χ0n) is 9.63. The van der Waals surface area contributed by atoms with Gasteiger partial charge in [-0.1, -0.05) is 15.9 Å². The van der Waals surface area contributed by atoms with Crippen molar-refractivity contribution in [1.29, 1.82) is 0 Å². The Kier molecular flexibility index (Phi) is 4.29. The van der Waals surface area contributed by atoms with E-state index in [-0.39, 0.29) is 11.5 Å². The molecule has 0 saturated carbocycles. The van der Waals surface area contributed by atoms with Crippen LogP contribution < -0.4 is 5.32 Å². The highest BCUT2D eigenvalue weighted by Crippen LogP contribution is 2.28. The summed E-state index contributed by atoms with van der Waals surface area (Å²) in [7, 11) is 0. The van der Waals surface area contributed by atoms with Gasteiger partial charge in [-0.3, -0.25) is 4.79 Å². The number of nitrogens with one attached hydrogen (secondary N) is 1. The maximum absolute atomic E-state index is 12.7. The van der Waals surface area contributed by atoms with Crippen LogP contribution in [0, 0.1) is 0 Å². The fourth-order valence-electron chi connectivity index (χ4n) is 1.89. The molecule has 3 nitrogen and oxygen atoms in total. The van der Waals surface area contributed by atoms with E-state index >= 15 is 0 Å². The highest BCUT2D eigenvalue weighted by atomic mass is 79.9. The van der Waals surface area contributed by atoms with Gasteiger partial charge in [0.2, 0.25) is 0 Å². The first-order valence-corrected chi connectivity index (χ1v) is 6.46. The van der Waals surface area contributed by atoms with E-state index in [1.807, 2.05) is 0 Å². The topological polar surface area (TPSA) is 32.3 Å². The molecule has 18 heavy (non-hydrogen) atoms. The number of piperazine rings is 1. The molecule has 1 fully saturated rings. The summed E-state index contributed by atoms with van der Waals surface area (Å²) in [6, 6.07) is 4.33. The Bertz CT molecular complexity index is 448. The molecule has 0 spiro atoms. The molecule has 1 aromatic carbocycles. The first kappa shape index (κ1) is 13.4. The molecule has 1 aliphatic heterocycles. The van der Waals surface area contributed by atoms with Gasteiger partial charge < -0.3 is 10.2 Å². The number of amides is 1. The lowest BCUT2D eigenvalue weighted by atomic mass is 10.1. The summed E-state index contributed by atoms with van der Waals surface area (Å²) in [5.41, 5.74) is 0.173. The summed E-state index contributed by atoms with van der Waals surface area (Å²) in [5, 5.41) is 3.14. The molecular weight excluding hydrogens is 306 g/mol. The average Bonchev–Trinajstić information content (AvgIpc) is 2.39. The fraction of sp³-hybridized carbons (Fsp3) is 0.417. The lowest BCUT2D eigenvalue weighted by Gasteiger charge is -2.27. The van der Waals surface area contributed by atoms with Crippen molar-refractivity contribution < 1.29 is 13.6 Å². The Morgan fingerprint density at radius 1 is 1.33 bits per heavy atom. The number of carbonyl (C=O) groups is 1. The Morgan fingerprint density at radius 2 is 2.00 bits per heavy atom. The van der Waals surface area contributed by atoms with Crippen molar-refractivity contribution in [1.82, 2.24) is 10.2 Å². The van der Waals surface area contributed by atoms with Gasteiger partial charge in [0.05, 0.1) is 0 Å². The second-order valence-electron chi connectivity index (χ2n) is 4.08. The minimum atomic E-state index is -2.59. The summed E-state index contributed by atoms with van der Waals surface area (Å²) in [5.74, 6) is -0.189. The molecule has 1 aliphatic rings. The number of alkyl halides is 2. The van der Waals surface area contributed by atoms with E-state index in [1.165, 1.54) is 12.1 Å². The highest BCUT2D eigenvalue weighted by Gasteiger charge is 2.20. The van der Waals surface area contributed by atoms with Crippen LogP contribution in [0.25, 0.3) is 0 Å². The molecule has 0 aliphatic carbocycles. The average molecular weight is 319 g/mol. The monoisotopic (exact) mass is 318 g/mol. The van der Waals surface area contributed by atoms with Crippen molar-refractivity contribution in [2.45, 2.75) is 6.43 Å². The second kappa shape index (κ2) is 5.75. The van der Waals surface area contributed by atoms with Crippen LogP contribution in [-0.4, -0.2) is 37.0 Å². The van der Waals surface area contributed by atoms with E-state index < -0.39 is 6.43 Å². The maximum atomic E-state index is 12.7. The summed E-state index contributed by atoms with van der Waals surface area (Å²) in [4.78, 5) is 13.8. The number of halogens is 3. The fourth-order valence-corrected chi connectivity index (χ4v) is 2.31. The molecule has 1 aromatic rings. The van der Waals surface area contributed by atoms with Gasteiger partial charge in [-0.05, 0) is 18.2 Å². The Morgan fingerprint density at radius 3 is 2.61 bits per heavy atom. The summed E-state index contributed by atoms with van der Waals surface area (Å²) < 4.78 is 25.8. The molecule has 1 N–H and O–H groups in total. The third-order valence-corrected chi connectivity index (χ3v) is 3.60. The van der Waals surface area contributed by atoms with Crippen molar-refractivity contribution in [3.63, 3.8) is 0 Å². The van der Waals surface area contributed by atoms with Crippen LogP contribution in [0.5, 0.6) is 0 Å². The number of nitrogens with zero attached hydrogens (tertiary/aromatic N) is 1. The van der Waals surface area contributed by atoms with Gasteiger partial charge in [-0.2, -0.15) is 0 Å². The molecule has 2 rings (SSSR count). The molecule has 0 atom stereocenters. The van der Waals surface area contributed by atoms with Crippen LogP contribution in [0.1, 0.15) is 22.3 Å². The van der Waals surface area contributed by atoms with Gasteiger partial charge in [-0.25, -0.2) is 8.78 Å². The van der Waals surface area contributed by atoms with E-state index in [9.17, 15) is 13.6 Å². The van der Waals surface area contributed by atoms with Gasteiger partial charge in [0, 0.05) is 41.8 Å². The van der Waals surface area contributed by atoms with E-state index in [4.69, 9.17) is 0 Å². The van der Waals surface area contributed by atoms with Gasteiger partial charge in [-0.15, -0.1) is 0 Å². The van der Waals surface area contributed by atoms with E-state index in [1.54, 1.807) is 11.0 Å². The van der Waals surface area contributed by atoms with Crippen molar-refractivity contribution in [3.8, 4) is 0 Å². The molecule has 6 heteroatoms. The third-order valence-electron chi connectivity index (χ3n) is 2.88. The summed E-state index contributed by atoms with van der Waals surface area (Å²) in [6.07, 6.45) is -2.59. The molecule has 1 heterocycles. The SMILES string of the molecule is O=C(c1ccc(Br)c(C(F)F)c1)N1CCNCC1. The molecule has 0 radical (unpaired) electrons. The van der Waals surface area contributed by atoms with Crippen molar-refractivity contribution >= 4 is 21.8 Å². The van der Waals surface area contributed by atoms with Crippen LogP contribution in [0.3, 0.4) is 0 Å². The van der Waals surface area contributed by atoms with Crippen LogP contribution in [0.15, 0.2) is 22.7 Å². The highest BCUT2D eigenvalue weighted by molar-refractivity contribution is 9.10. The number of carbonyl (C=O) groups excluding carboxylic acids is 1. The minimum Gasteiger partial charge on any atom is -0.336 e. The predicted molar refractivity (Wildman–Crippen MR) is 67.9 cm³/mol. The van der Waals surface area contributed by atoms with E-state index in [0.717, 1.165) is 13.1 Å². The van der Waals surface area contributed by atoms with Crippen LogP contribution >= 0.6 is 15.9 Å². The Labute approximate surface area is 112 Å². The third kappa shape index (κ3) is 2.87. The molecular formula is C12H13BrF2N2O. The lowest BCUT2D eigenvalue weighted by molar-refractivity contribution is 0.0735. The molecule has 1 saturated heterocycles. The standard InChI is InChI=1S/C12H13BrF2N2O/c13-10-2-1-8(7-9(10)11(14)15)12(18)17-5-3-16-4-6-17/h1-2,7,11,16H,3-6H2. The molecule has 0 bridgehead atoms. The zero-order chi connectivity index (χ0) is 13.1. The smallest absolute Gasteiger partial charge is 0.264 e. The van der Waals surface area contributed by atoms with Crippen molar-refractivity contribution in [2.24, 2.45) is 0 Å². The number of hydrogen-bond donors (Lipinski definition) is 1. The normalized spacial score (nSPS) is 16.1. The Balaban J connectivity index is 2.22. The number of benzene rings is 1. The molecule has 0 unspecified atom stereocenters. The van der Waals surface area contributed by atoms with Gasteiger partial charge >= 0.3 is 0 Å². The maximum Gasteiger partial charge on any atom is 0.264 e. The van der Waals surface area contributed by atoms with Gasteiger partial charge in [0.1, 0.15) is 0 Å². The minimum absolute atomic E-state index is 0.143. The van der Waals surface area contributed by atoms with Crippen LogP contribution in [-0.2, 0) is 0 Å². The first-order valence-electron chi connectivity index (χ1n) is 5.67. The first-order chi connectivity index (χ1) is 8.59. The zero-order valence-corrected chi connectivity index (χ0v) is 11.2. The van der Waals surface area contributed by atoms with E-state index in [2.05, 4.69) is 21.2 Å². The molecule has 0 aromatic heterocycles. The quantitative estimate of drug-likeness (QED) is 0.908. The predicted octanol–water partition coefficient (Wildman–Crippen LogP) is 2.43. The molecule has 98 valence electrons. The van der Waals surface area contributed by atoms with Gasteiger partial charge in [0.25, 0.3) is 12.3 Å². The largest absolute Gasteiger partial charge is 0.336 e. The lowest BCUT2D eigenvalue weighted by Crippen LogP contribution is -2.46. The summed E-state index contributed by atoms with van der Waals surface area (Å²) >= 11 is 3.06. The number of hydrogen-bond acceptors (Lipinski definition) is 2. The van der Waals surface area contributed by atoms with Crippen LogP contribution in [0.4, 0.5) is 8.78 Å². The molecule has 1 amide bonds. The second-order valence-corrected chi connectivity index (χ2v) is 4.93. The van der Waals surface area contributed by atoms with Crippen molar-refractivity contribution in [3.05, 3.63) is 33.8 Å². The summed E-state index contributed by atoms with van der Waals surface area (Å²) in [6.45, 7) is 2.70. The van der Waals surface area contributed by atoms with E-state index in [0.29, 0.717) is 23.1 Å². The van der Waals surface area contributed by atoms with Crippen molar-refractivity contribution in [2.75, 3.05) is 26.2 Å². The van der Waals surface area contributed by atoms with Crippen LogP contribution in [0.2, 0.25) is 0 Å². The van der Waals surface area contributed by atoms with Gasteiger partial charge in [0.15, 0.2) is 0 Å². The number of rotatable bonds is 2.